The minimum atomic E-state index is -3.71. The van der Waals surface area contributed by atoms with Crippen molar-refractivity contribution in [1.82, 2.24) is 19.2 Å². The molecule has 10 heteroatoms. The van der Waals surface area contributed by atoms with Crippen LogP contribution in [-0.2, 0) is 30.1 Å². The van der Waals surface area contributed by atoms with Crippen LogP contribution in [0.3, 0.4) is 0 Å². The summed E-state index contributed by atoms with van der Waals surface area (Å²) in [6, 6.07) is 7.26. The Morgan fingerprint density at radius 1 is 1.29 bits per heavy atom. The van der Waals surface area contributed by atoms with Gasteiger partial charge in [0, 0.05) is 39.0 Å². The van der Waals surface area contributed by atoms with Crippen LogP contribution in [0.5, 0.6) is 0 Å². The average molecular weight is 464 g/mol. The van der Waals surface area contributed by atoms with E-state index in [1.54, 1.807) is 23.5 Å². The molecule has 1 aromatic carbocycles. The number of anilines is 1. The van der Waals surface area contributed by atoms with Gasteiger partial charge < -0.3 is 9.88 Å². The van der Waals surface area contributed by atoms with E-state index in [-0.39, 0.29) is 5.91 Å². The van der Waals surface area contributed by atoms with E-state index >= 15 is 0 Å². The summed E-state index contributed by atoms with van der Waals surface area (Å²) in [5, 5.41) is 4.97. The summed E-state index contributed by atoms with van der Waals surface area (Å²) in [7, 11) is 1.07. The molecule has 0 saturated carbocycles. The molecule has 0 aliphatic rings. The number of thiophene rings is 1. The predicted molar refractivity (Wildman–Crippen MR) is 126 cm³/mol. The van der Waals surface area contributed by atoms with Gasteiger partial charge in [0.15, 0.2) is 0 Å². The van der Waals surface area contributed by atoms with E-state index in [4.69, 9.17) is 0 Å². The lowest BCUT2D eigenvalue weighted by molar-refractivity contribution is 0.0955. The minimum absolute atomic E-state index is 0.258. The van der Waals surface area contributed by atoms with Gasteiger partial charge in [-0.2, -0.15) is 12.7 Å². The summed E-state index contributed by atoms with van der Waals surface area (Å²) < 4.78 is 30.2. The Labute approximate surface area is 187 Å². The number of aromatic nitrogens is 2. The zero-order valence-electron chi connectivity index (χ0n) is 18.5. The molecule has 0 unspecified atom stereocenters. The Morgan fingerprint density at radius 3 is 2.65 bits per heavy atom. The summed E-state index contributed by atoms with van der Waals surface area (Å²) in [4.78, 5) is 19.0. The highest BCUT2D eigenvalue weighted by Gasteiger charge is 2.21. The van der Waals surface area contributed by atoms with Crippen LogP contribution >= 0.6 is 11.3 Å². The van der Waals surface area contributed by atoms with E-state index in [9.17, 15) is 13.2 Å². The van der Waals surface area contributed by atoms with Crippen LogP contribution < -0.4 is 10.0 Å². The Kier molecular flexibility index (Phi) is 7.03. The van der Waals surface area contributed by atoms with Crippen LogP contribution in [0.1, 0.15) is 34.9 Å². The first-order valence-corrected chi connectivity index (χ1v) is 12.4. The molecule has 3 rings (SSSR count). The standard InChI is InChI=1S/C21H29N5O3S2/c1-14(2)11-19-23-18-13-15(24-31(28,29)25(3)4)12-17(20(18)26(19)5)21(27)22-9-8-16-7-6-10-30-16/h6-7,10,12-14,24H,8-9,11H2,1-5H3,(H,22,27). The Hall–Kier alpha value is -2.43. The van der Waals surface area contributed by atoms with Crippen LogP contribution in [0.15, 0.2) is 29.6 Å². The minimum Gasteiger partial charge on any atom is -0.352 e. The first-order chi connectivity index (χ1) is 14.6. The summed E-state index contributed by atoms with van der Waals surface area (Å²) in [5.41, 5.74) is 1.97. The molecule has 3 aromatic rings. The SMILES string of the molecule is CC(C)Cc1nc2cc(NS(=O)(=O)N(C)C)cc(C(=O)NCCc3cccs3)c2n1C. The Bertz CT molecular complexity index is 1170. The van der Waals surface area contributed by atoms with Gasteiger partial charge in [-0.3, -0.25) is 9.52 Å². The highest BCUT2D eigenvalue weighted by atomic mass is 32.2. The van der Waals surface area contributed by atoms with Crippen LogP contribution in [-0.4, -0.2) is 48.8 Å². The van der Waals surface area contributed by atoms with E-state index in [2.05, 4.69) is 28.9 Å². The highest BCUT2D eigenvalue weighted by molar-refractivity contribution is 7.90. The fraction of sp³-hybridized carbons (Fsp3) is 0.429. The quantitative estimate of drug-likeness (QED) is 0.510. The molecule has 2 aromatic heterocycles. The molecule has 0 aliphatic heterocycles. The van der Waals surface area contributed by atoms with Crippen molar-refractivity contribution in [3.05, 3.63) is 45.9 Å². The number of nitrogens with one attached hydrogen (secondary N) is 2. The van der Waals surface area contributed by atoms with E-state index in [1.807, 2.05) is 29.1 Å². The van der Waals surface area contributed by atoms with Gasteiger partial charge in [-0.1, -0.05) is 19.9 Å². The fourth-order valence-corrected chi connectivity index (χ4v) is 4.58. The molecule has 2 N–H and O–H groups in total. The monoisotopic (exact) mass is 463 g/mol. The lowest BCUT2D eigenvalue weighted by atomic mass is 10.1. The second kappa shape index (κ2) is 9.37. The molecule has 168 valence electrons. The molecule has 0 aliphatic carbocycles. The largest absolute Gasteiger partial charge is 0.352 e. The number of rotatable bonds is 9. The third kappa shape index (κ3) is 5.44. The molecule has 0 atom stereocenters. The Balaban J connectivity index is 1.98. The van der Waals surface area contributed by atoms with Gasteiger partial charge in [-0.25, -0.2) is 4.98 Å². The number of imidazole rings is 1. The van der Waals surface area contributed by atoms with E-state index in [0.717, 1.165) is 23.0 Å². The number of carbonyl (C=O) groups is 1. The molecular weight excluding hydrogens is 434 g/mol. The first kappa shape index (κ1) is 23.2. The molecule has 0 saturated heterocycles. The number of fused-ring (bicyclic) bond motifs is 1. The maximum Gasteiger partial charge on any atom is 0.301 e. The number of hydrogen-bond acceptors (Lipinski definition) is 5. The van der Waals surface area contributed by atoms with Crippen molar-refractivity contribution in [2.75, 3.05) is 25.4 Å². The number of amides is 1. The van der Waals surface area contributed by atoms with Gasteiger partial charge >= 0.3 is 10.2 Å². The van der Waals surface area contributed by atoms with E-state index in [0.29, 0.717) is 34.7 Å². The van der Waals surface area contributed by atoms with Gasteiger partial charge in [0.1, 0.15) is 5.82 Å². The van der Waals surface area contributed by atoms with E-state index < -0.39 is 10.2 Å². The maximum atomic E-state index is 13.1. The summed E-state index contributed by atoms with van der Waals surface area (Å²) >= 11 is 1.65. The second-order valence-electron chi connectivity index (χ2n) is 8.05. The molecule has 31 heavy (non-hydrogen) atoms. The molecule has 0 fully saturated rings. The topological polar surface area (TPSA) is 96.3 Å². The predicted octanol–water partition coefficient (Wildman–Crippen LogP) is 3.02. The molecule has 8 nitrogen and oxygen atoms in total. The zero-order valence-corrected chi connectivity index (χ0v) is 20.1. The van der Waals surface area contributed by atoms with Crippen molar-refractivity contribution in [1.29, 1.82) is 0 Å². The Morgan fingerprint density at radius 2 is 2.03 bits per heavy atom. The number of aryl methyl sites for hydroxylation is 1. The van der Waals surface area contributed by atoms with Crippen molar-refractivity contribution in [3.8, 4) is 0 Å². The number of benzene rings is 1. The third-order valence-corrected chi connectivity index (χ3v) is 7.25. The van der Waals surface area contributed by atoms with Crippen molar-refractivity contribution in [2.45, 2.75) is 26.7 Å². The molecule has 0 radical (unpaired) electrons. The smallest absolute Gasteiger partial charge is 0.301 e. The number of carbonyl (C=O) groups excluding carboxylic acids is 1. The summed E-state index contributed by atoms with van der Waals surface area (Å²) in [5.74, 6) is 0.988. The summed E-state index contributed by atoms with van der Waals surface area (Å²) in [6.07, 6.45) is 1.49. The van der Waals surface area contributed by atoms with Gasteiger partial charge in [0.2, 0.25) is 0 Å². The molecule has 0 spiro atoms. The normalized spacial score (nSPS) is 12.1. The van der Waals surface area contributed by atoms with Crippen LogP contribution in [0.4, 0.5) is 5.69 Å². The third-order valence-electron chi connectivity index (χ3n) is 4.86. The molecule has 0 bridgehead atoms. The molecular formula is C21H29N5O3S2. The summed E-state index contributed by atoms with van der Waals surface area (Å²) in [6.45, 7) is 4.70. The van der Waals surface area contributed by atoms with Crippen molar-refractivity contribution < 1.29 is 13.2 Å². The number of nitrogens with zero attached hydrogens (tertiary/aromatic N) is 3. The van der Waals surface area contributed by atoms with Crippen molar-refractivity contribution >= 4 is 44.2 Å². The van der Waals surface area contributed by atoms with Crippen molar-refractivity contribution in [2.24, 2.45) is 13.0 Å². The van der Waals surface area contributed by atoms with Gasteiger partial charge in [-0.05, 0) is 35.9 Å². The van der Waals surface area contributed by atoms with Gasteiger partial charge in [0.05, 0.1) is 22.3 Å². The highest BCUT2D eigenvalue weighted by Crippen LogP contribution is 2.26. The van der Waals surface area contributed by atoms with Gasteiger partial charge in [-0.15, -0.1) is 11.3 Å². The average Bonchev–Trinajstić information content (AvgIpc) is 3.29. The fourth-order valence-electron chi connectivity index (χ4n) is 3.27. The molecule has 1 amide bonds. The second-order valence-corrected chi connectivity index (χ2v) is 11.0. The van der Waals surface area contributed by atoms with Gasteiger partial charge in [0.25, 0.3) is 5.91 Å². The van der Waals surface area contributed by atoms with Crippen LogP contribution in [0.2, 0.25) is 0 Å². The van der Waals surface area contributed by atoms with Crippen molar-refractivity contribution in [3.63, 3.8) is 0 Å². The van der Waals surface area contributed by atoms with Crippen LogP contribution in [0, 0.1) is 5.92 Å². The lowest BCUT2D eigenvalue weighted by Crippen LogP contribution is -2.29. The lowest BCUT2D eigenvalue weighted by Gasteiger charge is -2.15. The zero-order chi connectivity index (χ0) is 22.8. The first-order valence-electron chi connectivity index (χ1n) is 10.1. The maximum absolute atomic E-state index is 13.1. The van der Waals surface area contributed by atoms with E-state index in [1.165, 1.54) is 19.0 Å². The number of hydrogen-bond donors (Lipinski definition) is 2. The molecule has 2 heterocycles. The van der Waals surface area contributed by atoms with Crippen LogP contribution in [0.25, 0.3) is 11.0 Å².